The van der Waals surface area contributed by atoms with Crippen LogP contribution in [0, 0.1) is 0 Å². The Labute approximate surface area is 144 Å². The van der Waals surface area contributed by atoms with E-state index in [9.17, 15) is 4.79 Å². The number of carbonyl (C=O) groups is 1. The lowest BCUT2D eigenvalue weighted by Crippen LogP contribution is -2.42. The first kappa shape index (κ1) is 18.4. The number of rotatable bonds is 8. The molecule has 1 aromatic rings. The maximum Gasteiger partial charge on any atom is 0.227 e. The Balaban J connectivity index is 2.20. The van der Waals surface area contributed by atoms with E-state index in [0.29, 0.717) is 29.7 Å². The molecule has 6 heteroatoms. The Morgan fingerprint density at radius 1 is 1.21 bits per heavy atom. The predicted molar refractivity (Wildman–Crippen MR) is 93.1 cm³/mol. The second kappa shape index (κ2) is 8.78. The number of methoxy groups -OCH3 is 3. The van der Waals surface area contributed by atoms with Crippen molar-refractivity contribution >= 4 is 5.91 Å². The van der Waals surface area contributed by atoms with Gasteiger partial charge >= 0.3 is 0 Å². The largest absolute Gasteiger partial charge is 0.493 e. The van der Waals surface area contributed by atoms with Gasteiger partial charge in [0.15, 0.2) is 11.5 Å². The molecule has 0 aliphatic carbocycles. The van der Waals surface area contributed by atoms with Crippen LogP contribution >= 0.6 is 0 Å². The molecular weight excluding hydrogens is 308 g/mol. The average Bonchev–Trinajstić information content (AvgIpc) is 3.12. The lowest BCUT2D eigenvalue weighted by molar-refractivity contribution is -0.132. The van der Waals surface area contributed by atoms with Crippen molar-refractivity contribution < 1.29 is 19.0 Å². The number of ether oxygens (including phenoxy) is 3. The molecule has 1 amide bonds. The SMILES string of the molecule is CCCN(C(=O)Cc1cc(OC)c(OC)c(OC)c1)C1CCNC1. The summed E-state index contributed by atoms with van der Waals surface area (Å²) in [6.45, 7) is 4.74. The van der Waals surface area contributed by atoms with Crippen LogP contribution < -0.4 is 19.5 Å². The average molecular weight is 336 g/mol. The molecular formula is C18H28N2O4. The van der Waals surface area contributed by atoms with Gasteiger partial charge in [-0.1, -0.05) is 6.92 Å². The first-order valence-electron chi connectivity index (χ1n) is 8.43. The fourth-order valence-electron chi connectivity index (χ4n) is 3.17. The molecule has 1 aromatic carbocycles. The number of hydrogen-bond acceptors (Lipinski definition) is 5. The Bertz CT molecular complexity index is 531. The second-order valence-corrected chi connectivity index (χ2v) is 5.94. The predicted octanol–water partition coefficient (Wildman–Crippen LogP) is 1.86. The minimum atomic E-state index is 0.139. The van der Waals surface area contributed by atoms with E-state index < -0.39 is 0 Å². The maximum absolute atomic E-state index is 12.8. The summed E-state index contributed by atoms with van der Waals surface area (Å²) in [5.41, 5.74) is 0.863. The summed E-state index contributed by atoms with van der Waals surface area (Å²) in [4.78, 5) is 14.8. The number of benzene rings is 1. The zero-order valence-electron chi connectivity index (χ0n) is 15.1. The van der Waals surface area contributed by atoms with Gasteiger partial charge in [-0.05, 0) is 37.1 Å². The van der Waals surface area contributed by atoms with Crippen LogP contribution in [-0.2, 0) is 11.2 Å². The van der Waals surface area contributed by atoms with Gasteiger partial charge < -0.3 is 24.4 Å². The van der Waals surface area contributed by atoms with Gasteiger partial charge in [0.05, 0.1) is 27.8 Å². The summed E-state index contributed by atoms with van der Waals surface area (Å²) in [6, 6.07) is 3.98. The molecule has 1 atom stereocenters. The minimum Gasteiger partial charge on any atom is -0.493 e. The van der Waals surface area contributed by atoms with Crippen molar-refractivity contribution in [2.75, 3.05) is 41.0 Å². The summed E-state index contributed by atoms with van der Waals surface area (Å²) in [7, 11) is 4.73. The van der Waals surface area contributed by atoms with Crippen molar-refractivity contribution in [1.29, 1.82) is 0 Å². The third-order valence-electron chi connectivity index (χ3n) is 4.34. The molecule has 1 unspecified atom stereocenters. The molecule has 0 saturated carbocycles. The van der Waals surface area contributed by atoms with E-state index in [0.717, 1.165) is 38.0 Å². The van der Waals surface area contributed by atoms with Crippen molar-refractivity contribution in [3.05, 3.63) is 17.7 Å². The molecule has 6 nitrogen and oxygen atoms in total. The topological polar surface area (TPSA) is 60.0 Å². The number of nitrogens with zero attached hydrogens (tertiary/aromatic N) is 1. The highest BCUT2D eigenvalue weighted by Crippen LogP contribution is 2.38. The van der Waals surface area contributed by atoms with Crippen molar-refractivity contribution in [3.8, 4) is 17.2 Å². The van der Waals surface area contributed by atoms with Crippen LogP contribution in [0.3, 0.4) is 0 Å². The van der Waals surface area contributed by atoms with E-state index in [1.54, 1.807) is 21.3 Å². The summed E-state index contributed by atoms with van der Waals surface area (Å²) in [5, 5.41) is 3.33. The minimum absolute atomic E-state index is 0.139. The zero-order chi connectivity index (χ0) is 17.5. The molecule has 2 rings (SSSR count). The highest BCUT2D eigenvalue weighted by atomic mass is 16.5. The van der Waals surface area contributed by atoms with E-state index >= 15 is 0 Å². The van der Waals surface area contributed by atoms with Crippen molar-refractivity contribution in [3.63, 3.8) is 0 Å². The standard InChI is InChI=1S/C18H28N2O4/c1-5-8-20(14-6-7-19-12-14)17(21)11-13-9-15(22-2)18(24-4)16(10-13)23-3/h9-10,14,19H,5-8,11-12H2,1-4H3. The van der Waals surface area contributed by atoms with Gasteiger partial charge in [0.2, 0.25) is 11.7 Å². The Kier molecular flexibility index (Phi) is 6.73. The molecule has 0 spiro atoms. The molecule has 0 bridgehead atoms. The second-order valence-electron chi connectivity index (χ2n) is 5.94. The van der Waals surface area contributed by atoms with Crippen LogP contribution in [0.25, 0.3) is 0 Å². The maximum atomic E-state index is 12.8. The van der Waals surface area contributed by atoms with E-state index in [1.807, 2.05) is 17.0 Å². The lowest BCUT2D eigenvalue weighted by Gasteiger charge is -2.28. The van der Waals surface area contributed by atoms with Crippen molar-refractivity contribution in [2.45, 2.75) is 32.2 Å². The Hall–Kier alpha value is -1.95. The first-order chi connectivity index (χ1) is 11.6. The number of amides is 1. The van der Waals surface area contributed by atoms with Crippen LogP contribution in [0.4, 0.5) is 0 Å². The quantitative estimate of drug-likeness (QED) is 0.785. The van der Waals surface area contributed by atoms with E-state index in [-0.39, 0.29) is 5.91 Å². The smallest absolute Gasteiger partial charge is 0.227 e. The fourth-order valence-corrected chi connectivity index (χ4v) is 3.17. The molecule has 1 aliphatic rings. The van der Waals surface area contributed by atoms with Crippen molar-refractivity contribution in [2.24, 2.45) is 0 Å². The van der Waals surface area contributed by atoms with E-state index in [2.05, 4.69) is 12.2 Å². The van der Waals surface area contributed by atoms with Crippen LogP contribution in [0.1, 0.15) is 25.3 Å². The van der Waals surface area contributed by atoms with Gasteiger partial charge in [0, 0.05) is 19.1 Å². The lowest BCUT2D eigenvalue weighted by atomic mass is 10.1. The van der Waals surface area contributed by atoms with Crippen LogP contribution in [0.15, 0.2) is 12.1 Å². The van der Waals surface area contributed by atoms with E-state index in [4.69, 9.17) is 14.2 Å². The molecule has 24 heavy (non-hydrogen) atoms. The van der Waals surface area contributed by atoms with Gasteiger partial charge in [0.25, 0.3) is 0 Å². The molecule has 0 radical (unpaired) electrons. The van der Waals surface area contributed by atoms with E-state index in [1.165, 1.54) is 0 Å². The first-order valence-corrected chi connectivity index (χ1v) is 8.43. The summed E-state index contributed by atoms with van der Waals surface area (Å²) < 4.78 is 16.1. The highest BCUT2D eigenvalue weighted by Gasteiger charge is 2.26. The number of carbonyl (C=O) groups excluding carboxylic acids is 1. The summed E-state index contributed by atoms with van der Waals surface area (Å²) in [6.07, 6.45) is 2.30. The molecule has 134 valence electrons. The van der Waals surface area contributed by atoms with Crippen LogP contribution in [0.5, 0.6) is 17.2 Å². The van der Waals surface area contributed by atoms with Gasteiger partial charge in [-0.2, -0.15) is 0 Å². The number of hydrogen-bond donors (Lipinski definition) is 1. The Morgan fingerprint density at radius 3 is 2.33 bits per heavy atom. The summed E-state index contributed by atoms with van der Waals surface area (Å²) >= 11 is 0. The molecule has 1 fully saturated rings. The highest BCUT2D eigenvalue weighted by molar-refractivity contribution is 5.79. The summed E-state index contributed by atoms with van der Waals surface area (Å²) in [5.74, 6) is 1.83. The molecule has 1 N–H and O–H groups in total. The normalized spacial score (nSPS) is 16.8. The molecule has 0 aromatic heterocycles. The zero-order valence-corrected chi connectivity index (χ0v) is 15.1. The third kappa shape index (κ3) is 4.12. The van der Waals surface area contributed by atoms with Gasteiger partial charge in [0.1, 0.15) is 0 Å². The van der Waals surface area contributed by atoms with Gasteiger partial charge in [-0.15, -0.1) is 0 Å². The molecule has 1 aliphatic heterocycles. The van der Waals surface area contributed by atoms with Gasteiger partial charge in [-0.3, -0.25) is 4.79 Å². The molecule has 1 heterocycles. The van der Waals surface area contributed by atoms with Crippen LogP contribution in [0.2, 0.25) is 0 Å². The van der Waals surface area contributed by atoms with Gasteiger partial charge in [-0.25, -0.2) is 0 Å². The third-order valence-corrected chi connectivity index (χ3v) is 4.34. The van der Waals surface area contributed by atoms with Crippen molar-refractivity contribution in [1.82, 2.24) is 10.2 Å². The Morgan fingerprint density at radius 2 is 1.88 bits per heavy atom. The molecule has 1 saturated heterocycles. The van der Waals surface area contributed by atoms with Crippen LogP contribution in [-0.4, -0.2) is 57.8 Å². The number of nitrogens with one attached hydrogen (secondary N) is 1. The monoisotopic (exact) mass is 336 g/mol. The fraction of sp³-hybridized carbons (Fsp3) is 0.611.